The third-order valence-corrected chi connectivity index (χ3v) is 3.17. The van der Waals surface area contributed by atoms with E-state index in [0.717, 1.165) is 0 Å². The number of benzene rings is 1. The predicted octanol–water partition coefficient (Wildman–Crippen LogP) is 2.95. The maximum absolute atomic E-state index is 11.5. The van der Waals surface area contributed by atoms with E-state index in [9.17, 15) is 9.90 Å². The average Bonchev–Trinajstić information content (AvgIpc) is 2.37. The first kappa shape index (κ1) is 17.1. The van der Waals surface area contributed by atoms with Crippen LogP contribution in [-0.2, 0) is 11.3 Å². The zero-order valence-electron chi connectivity index (χ0n) is 11.7. The van der Waals surface area contributed by atoms with Crippen molar-refractivity contribution in [1.29, 1.82) is 0 Å². The van der Waals surface area contributed by atoms with Gasteiger partial charge in [-0.15, -0.1) is 0 Å². The van der Waals surface area contributed by atoms with Crippen LogP contribution >= 0.6 is 23.2 Å². The lowest BCUT2D eigenvalue weighted by Crippen LogP contribution is -2.30. The van der Waals surface area contributed by atoms with Gasteiger partial charge in [-0.05, 0) is 18.1 Å². The smallest absolute Gasteiger partial charge is 0.221 e. The molecule has 4 nitrogen and oxygen atoms in total. The van der Waals surface area contributed by atoms with Crippen molar-refractivity contribution >= 4 is 29.1 Å². The molecule has 112 valence electrons. The molecule has 0 heterocycles. The molecule has 0 saturated heterocycles. The molecule has 0 fully saturated rings. The number of halogens is 2. The summed E-state index contributed by atoms with van der Waals surface area (Å²) >= 11 is 11.7. The van der Waals surface area contributed by atoms with Crippen LogP contribution in [0, 0.1) is 5.92 Å². The molecule has 0 radical (unpaired) electrons. The van der Waals surface area contributed by atoms with Gasteiger partial charge < -0.3 is 15.7 Å². The van der Waals surface area contributed by atoms with E-state index in [0.29, 0.717) is 42.6 Å². The van der Waals surface area contributed by atoms with Gasteiger partial charge in [-0.1, -0.05) is 37.0 Å². The van der Waals surface area contributed by atoms with Crippen molar-refractivity contribution in [2.45, 2.75) is 26.8 Å². The molecule has 1 amide bonds. The van der Waals surface area contributed by atoms with Crippen molar-refractivity contribution in [2.75, 3.05) is 13.1 Å². The first-order valence-corrected chi connectivity index (χ1v) is 7.30. The second kappa shape index (κ2) is 8.35. The number of amides is 1. The Morgan fingerprint density at radius 3 is 2.70 bits per heavy atom. The Morgan fingerprint density at radius 2 is 2.05 bits per heavy atom. The van der Waals surface area contributed by atoms with Gasteiger partial charge in [0.2, 0.25) is 5.91 Å². The first-order valence-electron chi connectivity index (χ1n) is 6.54. The highest BCUT2D eigenvalue weighted by Crippen LogP contribution is 2.30. The van der Waals surface area contributed by atoms with Gasteiger partial charge in [0.25, 0.3) is 0 Å². The molecule has 1 rings (SSSR count). The van der Waals surface area contributed by atoms with Crippen molar-refractivity contribution in [3.63, 3.8) is 0 Å². The second-order valence-electron chi connectivity index (χ2n) is 5.02. The molecule has 0 spiro atoms. The second-order valence-corrected chi connectivity index (χ2v) is 5.86. The van der Waals surface area contributed by atoms with Gasteiger partial charge in [0, 0.05) is 36.6 Å². The Labute approximate surface area is 129 Å². The Hall–Kier alpha value is -0.970. The minimum Gasteiger partial charge on any atom is -0.506 e. The highest BCUT2D eigenvalue weighted by molar-refractivity contribution is 6.35. The van der Waals surface area contributed by atoms with Gasteiger partial charge in [0.05, 0.1) is 5.02 Å². The van der Waals surface area contributed by atoms with E-state index >= 15 is 0 Å². The number of rotatable bonds is 7. The van der Waals surface area contributed by atoms with Crippen LogP contribution in [0.1, 0.15) is 25.8 Å². The number of carbonyl (C=O) groups is 1. The quantitative estimate of drug-likeness (QED) is 0.677. The van der Waals surface area contributed by atoms with Crippen molar-refractivity contribution in [3.05, 3.63) is 27.7 Å². The van der Waals surface area contributed by atoms with Crippen LogP contribution < -0.4 is 10.6 Å². The zero-order chi connectivity index (χ0) is 15.1. The van der Waals surface area contributed by atoms with Crippen LogP contribution in [0.25, 0.3) is 0 Å². The molecule has 0 saturated carbocycles. The van der Waals surface area contributed by atoms with Crippen LogP contribution in [0.5, 0.6) is 5.75 Å². The Balaban J connectivity index is 2.33. The molecule has 0 aliphatic carbocycles. The fraction of sp³-hybridized carbons (Fsp3) is 0.500. The van der Waals surface area contributed by atoms with Crippen LogP contribution in [0.4, 0.5) is 0 Å². The van der Waals surface area contributed by atoms with E-state index in [1.807, 2.05) is 13.8 Å². The lowest BCUT2D eigenvalue weighted by molar-refractivity contribution is -0.121. The largest absolute Gasteiger partial charge is 0.506 e. The molecule has 6 heteroatoms. The maximum Gasteiger partial charge on any atom is 0.221 e. The number of phenols is 1. The third-order valence-electron chi connectivity index (χ3n) is 2.66. The van der Waals surface area contributed by atoms with Gasteiger partial charge in [0.15, 0.2) is 0 Å². The van der Waals surface area contributed by atoms with E-state index in [1.54, 1.807) is 6.07 Å². The number of aromatic hydroxyl groups is 1. The van der Waals surface area contributed by atoms with Crippen LogP contribution in [0.2, 0.25) is 10.0 Å². The summed E-state index contributed by atoms with van der Waals surface area (Å²) in [7, 11) is 0. The van der Waals surface area contributed by atoms with Gasteiger partial charge in [-0.2, -0.15) is 0 Å². The topological polar surface area (TPSA) is 61.4 Å². The zero-order valence-corrected chi connectivity index (χ0v) is 13.2. The highest BCUT2D eigenvalue weighted by Gasteiger charge is 2.08. The molecule has 0 aliphatic rings. The van der Waals surface area contributed by atoms with Crippen molar-refractivity contribution in [2.24, 2.45) is 5.92 Å². The molecule has 0 aromatic heterocycles. The fourth-order valence-corrected chi connectivity index (χ4v) is 2.12. The van der Waals surface area contributed by atoms with Gasteiger partial charge in [-0.3, -0.25) is 4.79 Å². The minimum atomic E-state index is 0.0135. The fourth-order valence-electron chi connectivity index (χ4n) is 1.59. The summed E-state index contributed by atoms with van der Waals surface area (Å²) < 4.78 is 0. The van der Waals surface area contributed by atoms with Crippen LogP contribution in [0.3, 0.4) is 0 Å². The Morgan fingerprint density at radius 1 is 1.35 bits per heavy atom. The summed E-state index contributed by atoms with van der Waals surface area (Å²) in [6.07, 6.45) is 0.391. The Kier molecular flexibility index (Phi) is 7.13. The standard InChI is InChI=1S/C14H20Cl2N2O2/c1-9(2)7-18-13(19)3-4-17-8-10-5-11(15)6-12(16)14(10)20/h5-6,9,17,20H,3-4,7-8H2,1-2H3,(H,18,19). The molecule has 0 unspecified atom stereocenters. The minimum absolute atomic E-state index is 0.0135. The van der Waals surface area contributed by atoms with Crippen molar-refractivity contribution < 1.29 is 9.90 Å². The Bertz CT molecular complexity index is 465. The molecule has 3 N–H and O–H groups in total. The molecular formula is C14H20Cl2N2O2. The van der Waals surface area contributed by atoms with Crippen molar-refractivity contribution in [1.82, 2.24) is 10.6 Å². The maximum atomic E-state index is 11.5. The molecule has 0 bridgehead atoms. The average molecular weight is 319 g/mol. The summed E-state index contributed by atoms with van der Waals surface area (Å²) in [5, 5.41) is 16.4. The number of phenolic OH excluding ortho intramolecular Hbond substituents is 1. The number of hydrogen-bond acceptors (Lipinski definition) is 3. The molecule has 0 atom stereocenters. The van der Waals surface area contributed by atoms with E-state index in [4.69, 9.17) is 23.2 Å². The van der Waals surface area contributed by atoms with Gasteiger partial charge in [0.1, 0.15) is 5.75 Å². The lowest BCUT2D eigenvalue weighted by atomic mass is 10.2. The van der Waals surface area contributed by atoms with Gasteiger partial charge >= 0.3 is 0 Å². The van der Waals surface area contributed by atoms with Crippen LogP contribution in [0.15, 0.2) is 12.1 Å². The first-order chi connectivity index (χ1) is 9.40. The van der Waals surface area contributed by atoms with E-state index in [-0.39, 0.29) is 16.7 Å². The number of hydrogen-bond donors (Lipinski definition) is 3. The van der Waals surface area contributed by atoms with E-state index < -0.39 is 0 Å². The summed E-state index contributed by atoms with van der Waals surface area (Å²) in [6, 6.07) is 3.13. The SMILES string of the molecule is CC(C)CNC(=O)CCNCc1cc(Cl)cc(Cl)c1O. The summed E-state index contributed by atoms with van der Waals surface area (Å²) in [5.41, 5.74) is 0.616. The molecular weight excluding hydrogens is 299 g/mol. The number of carbonyl (C=O) groups excluding carboxylic acids is 1. The molecule has 1 aromatic carbocycles. The monoisotopic (exact) mass is 318 g/mol. The highest BCUT2D eigenvalue weighted by atomic mass is 35.5. The summed E-state index contributed by atoms with van der Waals surface area (Å²) in [6.45, 7) is 5.70. The van der Waals surface area contributed by atoms with Crippen LogP contribution in [-0.4, -0.2) is 24.1 Å². The predicted molar refractivity (Wildman–Crippen MR) is 82.3 cm³/mol. The number of nitrogens with one attached hydrogen (secondary N) is 2. The molecule has 0 aliphatic heterocycles. The van der Waals surface area contributed by atoms with E-state index in [1.165, 1.54) is 6.07 Å². The normalized spacial score (nSPS) is 10.8. The third kappa shape index (κ3) is 5.99. The summed E-state index contributed by atoms with van der Waals surface area (Å²) in [4.78, 5) is 11.5. The molecule has 1 aromatic rings. The van der Waals surface area contributed by atoms with Crippen molar-refractivity contribution in [3.8, 4) is 5.75 Å². The molecule has 20 heavy (non-hydrogen) atoms. The van der Waals surface area contributed by atoms with Gasteiger partial charge in [-0.25, -0.2) is 0 Å². The lowest BCUT2D eigenvalue weighted by Gasteiger charge is -2.10. The van der Waals surface area contributed by atoms with E-state index in [2.05, 4.69) is 10.6 Å². The summed E-state index contributed by atoms with van der Waals surface area (Å²) in [5.74, 6) is 0.477.